The molecule has 3 aromatic rings. The Morgan fingerprint density at radius 1 is 1.00 bits per heavy atom. The first-order chi connectivity index (χ1) is 20.1. The number of halogens is 6. The van der Waals surface area contributed by atoms with E-state index in [9.17, 15) is 31.1 Å². The number of tetrazole rings is 1. The molecule has 4 rings (SSSR count). The average Bonchev–Trinajstić information content (AvgIpc) is 3.28. The molecule has 0 radical (unpaired) electrons. The van der Waals surface area contributed by atoms with E-state index in [1.165, 1.54) is 7.05 Å². The normalized spacial score (nSPS) is 15.8. The van der Waals surface area contributed by atoms with E-state index in [4.69, 9.17) is 4.74 Å². The first-order valence-corrected chi connectivity index (χ1v) is 14.0. The van der Waals surface area contributed by atoms with Gasteiger partial charge in [-0.1, -0.05) is 25.0 Å². The molecular weight excluding hydrogens is 578 g/mol. The highest BCUT2D eigenvalue weighted by Crippen LogP contribution is 2.42. The maximum absolute atomic E-state index is 13.7. The van der Waals surface area contributed by atoms with Crippen molar-refractivity contribution < 1.29 is 35.9 Å². The minimum absolute atomic E-state index is 0.0238. The molecule has 1 atom stereocenters. The van der Waals surface area contributed by atoms with E-state index in [-0.39, 0.29) is 30.2 Å². The summed E-state index contributed by atoms with van der Waals surface area (Å²) in [6.45, 7) is 7.54. The molecule has 0 bridgehead atoms. The minimum Gasteiger partial charge on any atom is -0.446 e. The van der Waals surface area contributed by atoms with E-state index >= 15 is 0 Å². The van der Waals surface area contributed by atoms with Gasteiger partial charge in [0.05, 0.1) is 29.9 Å². The van der Waals surface area contributed by atoms with Crippen LogP contribution < -0.4 is 9.80 Å². The van der Waals surface area contributed by atoms with Crippen molar-refractivity contribution in [3.05, 3.63) is 63.7 Å². The van der Waals surface area contributed by atoms with Crippen molar-refractivity contribution in [3.8, 4) is 0 Å². The predicted octanol–water partition coefficient (Wildman–Crippen LogP) is 7.54. The van der Waals surface area contributed by atoms with Crippen LogP contribution in [0.25, 0.3) is 0 Å². The number of hydrogen-bond donors (Lipinski definition) is 0. The molecule has 0 unspecified atom stereocenters. The summed E-state index contributed by atoms with van der Waals surface area (Å²) in [5.74, 6) is 0.0238. The number of benzene rings is 2. The second-order valence-corrected chi connectivity index (χ2v) is 10.7. The molecule has 1 aliphatic rings. The molecular formula is C29H34F6N6O2. The zero-order chi connectivity index (χ0) is 31.7. The Morgan fingerprint density at radius 2 is 1.60 bits per heavy atom. The molecule has 43 heavy (non-hydrogen) atoms. The van der Waals surface area contributed by atoms with Crippen LogP contribution in [0.3, 0.4) is 0 Å². The first-order valence-electron chi connectivity index (χ1n) is 14.0. The van der Waals surface area contributed by atoms with Gasteiger partial charge >= 0.3 is 18.4 Å². The zero-order valence-corrected chi connectivity index (χ0v) is 24.6. The number of anilines is 2. The highest BCUT2D eigenvalue weighted by molar-refractivity contribution is 5.89. The van der Waals surface area contributed by atoms with Crippen LogP contribution in [0.5, 0.6) is 0 Å². The summed E-state index contributed by atoms with van der Waals surface area (Å²) in [6, 6.07) is 4.63. The maximum atomic E-state index is 13.7. The monoisotopic (exact) mass is 612 g/mol. The van der Waals surface area contributed by atoms with Gasteiger partial charge in [-0.15, -0.1) is 5.10 Å². The number of fused-ring (bicyclic) bond motifs is 1. The molecule has 8 nitrogen and oxygen atoms in total. The van der Waals surface area contributed by atoms with Gasteiger partial charge < -0.3 is 9.64 Å². The number of hydrogen-bond acceptors (Lipinski definition) is 6. The van der Waals surface area contributed by atoms with Crippen LogP contribution in [0.15, 0.2) is 30.3 Å². The highest BCUT2D eigenvalue weighted by atomic mass is 19.4. The Labute approximate surface area is 245 Å². The molecule has 234 valence electrons. The number of alkyl halides is 6. The molecule has 0 N–H and O–H groups in total. The van der Waals surface area contributed by atoms with Gasteiger partial charge in [-0.05, 0) is 91.3 Å². The molecule has 0 aliphatic carbocycles. The van der Waals surface area contributed by atoms with Gasteiger partial charge in [0.25, 0.3) is 5.95 Å². The fraction of sp³-hybridized carbons (Fsp3) is 0.517. The number of nitrogens with zero attached hydrogens (tertiary/aromatic N) is 6. The van der Waals surface area contributed by atoms with Crippen LogP contribution in [0.2, 0.25) is 0 Å². The van der Waals surface area contributed by atoms with Crippen LogP contribution in [0.1, 0.15) is 79.0 Å². The highest BCUT2D eigenvalue weighted by Gasteiger charge is 2.38. The van der Waals surface area contributed by atoms with Gasteiger partial charge in [0.1, 0.15) is 6.10 Å². The molecule has 0 saturated heterocycles. The van der Waals surface area contributed by atoms with Gasteiger partial charge in [-0.25, -0.2) is 4.79 Å². The number of amides is 1. The van der Waals surface area contributed by atoms with E-state index in [0.717, 1.165) is 15.9 Å². The second-order valence-electron chi connectivity index (χ2n) is 10.7. The molecule has 0 saturated carbocycles. The van der Waals surface area contributed by atoms with Crippen LogP contribution in [-0.2, 0) is 30.7 Å². The largest absolute Gasteiger partial charge is 0.446 e. The van der Waals surface area contributed by atoms with Crippen LogP contribution in [-0.4, -0.2) is 38.9 Å². The van der Waals surface area contributed by atoms with E-state index < -0.39 is 35.6 Å². The van der Waals surface area contributed by atoms with Crippen molar-refractivity contribution in [3.63, 3.8) is 0 Å². The summed E-state index contributed by atoms with van der Waals surface area (Å²) >= 11 is 0. The Kier molecular flexibility index (Phi) is 9.26. The fourth-order valence-corrected chi connectivity index (χ4v) is 5.23. The van der Waals surface area contributed by atoms with Crippen molar-refractivity contribution >= 4 is 17.7 Å². The third-order valence-electron chi connectivity index (χ3n) is 7.68. The van der Waals surface area contributed by atoms with Crippen molar-refractivity contribution in [1.82, 2.24) is 20.2 Å². The molecule has 0 spiro atoms. The van der Waals surface area contributed by atoms with Crippen molar-refractivity contribution in [2.75, 3.05) is 16.3 Å². The second kappa shape index (κ2) is 12.4. The SMILES string of the molecule is CCC(CC)OC(=O)N1CCC[C@H](N(Cc2cc(C(F)(F)F)cc(C(F)(F)F)c2)c2nnn(C)n2)c2cc(C)c(C)cc21. The van der Waals surface area contributed by atoms with Crippen LogP contribution >= 0.6 is 0 Å². The predicted molar refractivity (Wildman–Crippen MR) is 148 cm³/mol. The van der Waals surface area contributed by atoms with Gasteiger partial charge in [-0.2, -0.15) is 31.1 Å². The standard InChI is InChI=1S/C29H34F6N6O2/c1-6-22(7-2)43-27(42)40-10-8-9-24(23-11-17(3)18(4)12-25(23)40)41(26-36-38-39(5)37-26)16-19-13-20(28(30,31)32)15-21(14-19)29(33,34)35/h11-15,22,24H,6-10,16H2,1-5H3/t24-/m0/s1. The molecule has 0 fully saturated rings. The van der Waals surface area contributed by atoms with Crippen LogP contribution in [0.4, 0.5) is 42.8 Å². The summed E-state index contributed by atoms with van der Waals surface area (Å²) in [5, 5.41) is 12.2. The zero-order valence-electron chi connectivity index (χ0n) is 24.6. The lowest BCUT2D eigenvalue weighted by Crippen LogP contribution is -2.35. The summed E-state index contributed by atoms with van der Waals surface area (Å²) in [5.41, 5.74) is -0.0526. The quantitative estimate of drug-likeness (QED) is 0.257. The summed E-state index contributed by atoms with van der Waals surface area (Å²) < 4.78 is 87.8. The smallest absolute Gasteiger partial charge is 0.416 e. The van der Waals surface area contributed by atoms with E-state index in [1.54, 1.807) is 9.80 Å². The topological polar surface area (TPSA) is 76.4 Å². The molecule has 14 heteroatoms. The van der Waals surface area contributed by atoms with Gasteiger partial charge in [0.15, 0.2) is 0 Å². The Hall–Kier alpha value is -3.84. The van der Waals surface area contributed by atoms with Crippen LogP contribution in [0, 0.1) is 13.8 Å². The van der Waals surface area contributed by atoms with E-state index in [0.29, 0.717) is 55.6 Å². The molecule has 1 amide bonds. The lowest BCUT2D eigenvalue weighted by Gasteiger charge is -2.33. The number of aromatic nitrogens is 4. The van der Waals surface area contributed by atoms with Crippen molar-refractivity contribution in [1.29, 1.82) is 0 Å². The van der Waals surface area contributed by atoms with E-state index in [2.05, 4.69) is 15.4 Å². The third-order valence-corrected chi connectivity index (χ3v) is 7.68. The van der Waals surface area contributed by atoms with Gasteiger partial charge in [-0.3, -0.25) is 4.90 Å². The van der Waals surface area contributed by atoms with Crippen molar-refractivity contribution in [2.45, 2.75) is 84.4 Å². The van der Waals surface area contributed by atoms with E-state index in [1.807, 2.05) is 39.8 Å². The molecule has 2 heterocycles. The van der Waals surface area contributed by atoms with Gasteiger partial charge in [0.2, 0.25) is 0 Å². The van der Waals surface area contributed by atoms with Gasteiger partial charge in [0, 0.05) is 13.1 Å². The number of carbonyl (C=O) groups excluding carboxylic acids is 1. The Balaban J connectivity index is 1.85. The summed E-state index contributed by atoms with van der Waals surface area (Å²) in [4.78, 5) is 17.6. The summed E-state index contributed by atoms with van der Waals surface area (Å²) in [6.07, 6.45) is -8.64. The fourth-order valence-electron chi connectivity index (χ4n) is 5.23. The number of rotatable bonds is 7. The summed E-state index contributed by atoms with van der Waals surface area (Å²) in [7, 11) is 1.50. The molecule has 2 aromatic carbocycles. The molecule has 1 aromatic heterocycles. The third kappa shape index (κ3) is 7.21. The lowest BCUT2D eigenvalue weighted by atomic mass is 9.95. The lowest BCUT2D eigenvalue weighted by molar-refractivity contribution is -0.143. The number of aryl methyl sites for hydroxylation is 3. The average molecular weight is 613 g/mol. The number of ether oxygens (including phenoxy) is 1. The Bertz CT molecular complexity index is 1420. The van der Waals surface area contributed by atoms with Crippen molar-refractivity contribution in [2.24, 2.45) is 7.05 Å². The minimum atomic E-state index is -5.00. The maximum Gasteiger partial charge on any atom is 0.416 e. The number of carbonyl (C=O) groups is 1. The molecule has 1 aliphatic heterocycles. The first kappa shape index (κ1) is 32.1. The Morgan fingerprint density at radius 3 is 2.14 bits per heavy atom.